The van der Waals surface area contributed by atoms with Gasteiger partial charge in [-0.2, -0.15) is 0 Å². The number of nitrogens with one attached hydrogen (secondary N) is 1. The number of alkyl halides is 2. The molecule has 1 aromatic carbocycles. The molecule has 1 N–H and O–H groups in total. The van der Waals surface area contributed by atoms with Crippen molar-refractivity contribution in [3.63, 3.8) is 0 Å². The van der Waals surface area contributed by atoms with Crippen LogP contribution in [0.15, 0.2) is 41.8 Å². The number of benzene rings is 1. The summed E-state index contributed by atoms with van der Waals surface area (Å²) in [6.07, 6.45) is -2.39. The molecule has 108 valence electrons. The van der Waals surface area contributed by atoms with Crippen molar-refractivity contribution in [2.45, 2.75) is 13.0 Å². The van der Waals surface area contributed by atoms with Gasteiger partial charge in [0.2, 0.25) is 0 Å². The van der Waals surface area contributed by atoms with Crippen LogP contribution in [0.5, 0.6) is 0 Å². The number of ether oxygens (including phenoxy) is 1. The van der Waals surface area contributed by atoms with E-state index in [-0.39, 0.29) is 0 Å². The first kappa shape index (κ1) is 15.1. The molecule has 2 aromatic rings. The molecular weight excluding hydrogens is 280 g/mol. The molecule has 0 spiro atoms. The zero-order chi connectivity index (χ0) is 14.2. The van der Waals surface area contributed by atoms with Gasteiger partial charge >= 0.3 is 0 Å². The van der Waals surface area contributed by atoms with Gasteiger partial charge in [-0.05, 0) is 22.6 Å². The van der Waals surface area contributed by atoms with E-state index in [0.29, 0.717) is 13.2 Å². The molecule has 1 heterocycles. The largest absolute Gasteiger partial charge is 0.374 e. The summed E-state index contributed by atoms with van der Waals surface area (Å²) in [5.74, 6) is 0. The second-order valence-corrected chi connectivity index (χ2v) is 5.31. The molecule has 0 unspecified atom stereocenters. The summed E-state index contributed by atoms with van der Waals surface area (Å²) >= 11 is 1.69. The van der Waals surface area contributed by atoms with Gasteiger partial charge in [0.25, 0.3) is 6.43 Å². The Morgan fingerprint density at radius 2 is 1.95 bits per heavy atom. The monoisotopic (exact) mass is 297 g/mol. The lowest BCUT2D eigenvalue weighted by molar-refractivity contribution is 0.0187. The van der Waals surface area contributed by atoms with E-state index in [1.54, 1.807) is 11.3 Å². The van der Waals surface area contributed by atoms with Crippen LogP contribution in [0.3, 0.4) is 0 Å². The van der Waals surface area contributed by atoms with Crippen LogP contribution in [-0.4, -0.2) is 26.2 Å². The topological polar surface area (TPSA) is 21.3 Å². The summed E-state index contributed by atoms with van der Waals surface area (Å²) in [6.45, 7) is 1.13. The van der Waals surface area contributed by atoms with Gasteiger partial charge in [-0.25, -0.2) is 8.78 Å². The third-order valence-electron chi connectivity index (χ3n) is 2.73. The molecule has 0 fully saturated rings. The predicted octanol–water partition coefficient (Wildman–Crippen LogP) is 3.79. The Bertz CT molecular complexity index is 502. The van der Waals surface area contributed by atoms with Crippen LogP contribution >= 0.6 is 11.3 Å². The van der Waals surface area contributed by atoms with Gasteiger partial charge in [-0.1, -0.05) is 30.3 Å². The van der Waals surface area contributed by atoms with E-state index in [9.17, 15) is 8.78 Å². The summed E-state index contributed by atoms with van der Waals surface area (Å²) in [7, 11) is 0. The van der Waals surface area contributed by atoms with Gasteiger partial charge in [0.15, 0.2) is 0 Å². The van der Waals surface area contributed by atoms with Gasteiger partial charge in [-0.15, -0.1) is 11.3 Å². The van der Waals surface area contributed by atoms with E-state index in [0.717, 1.165) is 6.54 Å². The summed E-state index contributed by atoms with van der Waals surface area (Å²) in [6, 6.07) is 12.3. The molecule has 2 rings (SSSR count). The molecule has 0 bridgehead atoms. The molecule has 20 heavy (non-hydrogen) atoms. The van der Waals surface area contributed by atoms with Gasteiger partial charge in [-0.3, -0.25) is 0 Å². The van der Waals surface area contributed by atoms with Crippen molar-refractivity contribution in [1.82, 2.24) is 5.32 Å². The van der Waals surface area contributed by atoms with Crippen molar-refractivity contribution in [3.05, 3.63) is 46.7 Å². The molecule has 1 aromatic heterocycles. The number of hydrogen-bond donors (Lipinski definition) is 1. The van der Waals surface area contributed by atoms with Crippen molar-refractivity contribution in [3.8, 4) is 11.1 Å². The van der Waals surface area contributed by atoms with E-state index in [2.05, 4.69) is 28.9 Å². The first-order chi connectivity index (χ1) is 9.75. The summed E-state index contributed by atoms with van der Waals surface area (Å²) < 4.78 is 28.5. The maximum Gasteiger partial charge on any atom is 0.261 e. The Balaban J connectivity index is 1.71. The van der Waals surface area contributed by atoms with Gasteiger partial charge in [0.05, 0.1) is 6.61 Å². The minimum atomic E-state index is -2.39. The molecular formula is C15H17F2NOS. The van der Waals surface area contributed by atoms with Crippen LogP contribution < -0.4 is 5.32 Å². The highest BCUT2D eigenvalue weighted by atomic mass is 32.1. The number of halogens is 2. The van der Waals surface area contributed by atoms with E-state index >= 15 is 0 Å². The maximum absolute atomic E-state index is 11.8. The third kappa shape index (κ3) is 5.00. The normalized spacial score (nSPS) is 11.2. The van der Waals surface area contributed by atoms with Crippen molar-refractivity contribution >= 4 is 11.3 Å². The van der Waals surface area contributed by atoms with E-state index in [1.807, 2.05) is 18.2 Å². The van der Waals surface area contributed by atoms with Crippen LogP contribution in [-0.2, 0) is 11.3 Å². The van der Waals surface area contributed by atoms with Crippen molar-refractivity contribution < 1.29 is 13.5 Å². The molecule has 0 aliphatic rings. The second-order valence-electron chi connectivity index (χ2n) is 4.31. The zero-order valence-electron chi connectivity index (χ0n) is 11.0. The average Bonchev–Trinajstić information content (AvgIpc) is 2.92. The Morgan fingerprint density at radius 1 is 1.15 bits per heavy atom. The Kier molecular flexibility index (Phi) is 6.11. The summed E-state index contributed by atoms with van der Waals surface area (Å²) in [5.41, 5.74) is 2.41. The molecule has 2 nitrogen and oxygen atoms in total. The SMILES string of the molecule is FC(F)COCCNCc1cc(-c2ccccc2)cs1. The molecule has 0 saturated carbocycles. The third-order valence-corrected chi connectivity index (χ3v) is 3.66. The van der Waals surface area contributed by atoms with Gasteiger partial charge in [0.1, 0.15) is 6.61 Å². The van der Waals surface area contributed by atoms with E-state index in [4.69, 9.17) is 4.74 Å². The molecule has 5 heteroatoms. The molecule has 0 saturated heterocycles. The first-order valence-corrected chi connectivity index (χ1v) is 7.33. The Hall–Kier alpha value is -1.30. The average molecular weight is 297 g/mol. The molecule has 0 atom stereocenters. The quantitative estimate of drug-likeness (QED) is 0.749. The molecule has 0 aliphatic carbocycles. The summed E-state index contributed by atoms with van der Waals surface area (Å²) in [5, 5.41) is 5.31. The number of hydrogen-bond acceptors (Lipinski definition) is 3. The highest BCUT2D eigenvalue weighted by Gasteiger charge is 2.03. The van der Waals surface area contributed by atoms with Crippen molar-refractivity contribution in [2.75, 3.05) is 19.8 Å². The second kappa shape index (κ2) is 8.09. The first-order valence-electron chi connectivity index (χ1n) is 6.45. The van der Waals surface area contributed by atoms with Crippen LogP contribution in [0.4, 0.5) is 8.78 Å². The molecule has 0 aliphatic heterocycles. The minimum Gasteiger partial charge on any atom is -0.374 e. The lowest BCUT2D eigenvalue weighted by atomic mass is 10.1. The van der Waals surface area contributed by atoms with Crippen molar-refractivity contribution in [2.24, 2.45) is 0 Å². The fourth-order valence-corrected chi connectivity index (χ4v) is 2.65. The van der Waals surface area contributed by atoms with Crippen LogP contribution in [0.2, 0.25) is 0 Å². The number of thiophene rings is 1. The minimum absolute atomic E-state index is 0.307. The Labute approximate surface area is 121 Å². The maximum atomic E-state index is 11.8. The van der Waals surface area contributed by atoms with Crippen molar-refractivity contribution in [1.29, 1.82) is 0 Å². The fourth-order valence-electron chi connectivity index (χ4n) is 1.78. The zero-order valence-corrected chi connectivity index (χ0v) is 11.8. The highest BCUT2D eigenvalue weighted by Crippen LogP contribution is 2.25. The highest BCUT2D eigenvalue weighted by molar-refractivity contribution is 7.10. The summed E-state index contributed by atoms with van der Waals surface area (Å²) in [4.78, 5) is 1.22. The van der Waals surface area contributed by atoms with Crippen LogP contribution in [0.25, 0.3) is 11.1 Å². The Morgan fingerprint density at radius 3 is 2.70 bits per heavy atom. The van der Waals surface area contributed by atoms with Crippen LogP contribution in [0, 0.1) is 0 Å². The van der Waals surface area contributed by atoms with Gasteiger partial charge < -0.3 is 10.1 Å². The van der Waals surface area contributed by atoms with Crippen LogP contribution in [0.1, 0.15) is 4.88 Å². The molecule has 0 amide bonds. The fraction of sp³-hybridized carbons (Fsp3) is 0.333. The lowest BCUT2D eigenvalue weighted by Gasteiger charge is -2.04. The van der Waals surface area contributed by atoms with Gasteiger partial charge in [0, 0.05) is 18.0 Å². The molecule has 0 radical (unpaired) electrons. The predicted molar refractivity (Wildman–Crippen MR) is 78.3 cm³/mol. The smallest absolute Gasteiger partial charge is 0.261 e. The standard InChI is InChI=1S/C15H17F2NOS/c16-15(17)10-19-7-6-18-9-14-8-13(11-20-14)12-4-2-1-3-5-12/h1-5,8,11,15,18H,6-7,9-10H2. The number of rotatable bonds is 8. The lowest BCUT2D eigenvalue weighted by Crippen LogP contribution is -2.20. The van der Waals surface area contributed by atoms with E-state index < -0.39 is 13.0 Å². The van der Waals surface area contributed by atoms with E-state index in [1.165, 1.54) is 16.0 Å².